The normalized spacial score (nSPS) is 32.2. The van der Waals surface area contributed by atoms with Crippen molar-refractivity contribution in [3.05, 3.63) is 19.4 Å². The highest BCUT2D eigenvalue weighted by molar-refractivity contribution is 14.1. The van der Waals surface area contributed by atoms with Crippen molar-refractivity contribution in [2.45, 2.75) is 44.7 Å². The van der Waals surface area contributed by atoms with Crippen molar-refractivity contribution in [2.75, 3.05) is 13.2 Å². The maximum Gasteiger partial charge on any atom is 0.0659 e. The molecular formula is C14H20INOS. The van der Waals surface area contributed by atoms with Crippen LogP contribution in [-0.4, -0.2) is 19.3 Å². The van der Waals surface area contributed by atoms with Crippen LogP contribution >= 0.6 is 33.9 Å². The topological polar surface area (TPSA) is 21.3 Å². The van der Waals surface area contributed by atoms with E-state index in [4.69, 9.17) is 4.74 Å². The van der Waals surface area contributed by atoms with Gasteiger partial charge in [-0.2, -0.15) is 0 Å². The lowest BCUT2D eigenvalue weighted by molar-refractivity contribution is 0.0351. The molecule has 1 aliphatic heterocycles. The molecule has 4 heteroatoms. The van der Waals surface area contributed by atoms with E-state index in [2.05, 4.69) is 40.9 Å². The molecule has 3 unspecified atom stereocenters. The van der Waals surface area contributed by atoms with Gasteiger partial charge in [0.25, 0.3) is 0 Å². The second-order valence-electron chi connectivity index (χ2n) is 5.49. The number of halogens is 1. The number of nitrogens with one attached hydrogen (secondary N) is 1. The minimum absolute atomic E-state index is 0.582. The molecule has 1 aromatic rings. The first-order valence-electron chi connectivity index (χ1n) is 6.86. The fourth-order valence-corrected chi connectivity index (χ4v) is 5.20. The summed E-state index contributed by atoms with van der Waals surface area (Å²) in [7, 11) is 0. The summed E-state index contributed by atoms with van der Waals surface area (Å²) in [4.78, 5) is 1.61. The van der Waals surface area contributed by atoms with E-state index in [1.165, 1.54) is 22.1 Å². The zero-order chi connectivity index (χ0) is 12.5. The SMILES string of the molecule is CC1COCCC1NC1CCCc2sc(I)cc21. The standard InChI is InChI=1S/C14H20INOS/c1-9-8-17-6-5-11(9)16-12-3-2-4-13-10(12)7-14(15)18-13/h7,9,11-12,16H,2-6,8H2,1H3. The number of fused-ring (bicyclic) bond motifs is 1. The largest absolute Gasteiger partial charge is 0.381 e. The van der Waals surface area contributed by atoms with E-state index in [9.17, 15) is 0 Å². The van der Waals surface area contributed by atoms with Crippen LogP contribution in [-0.2, 0) is 11.2 Å². The minimum Gasteiger partial charge on any atom is -0.381 e. The highest BCUT2D eigenvalue weighted by Gasteiger charge is 2.28. The summed E-state index contributed by atoms with van der Waals surface area (Å²) in [6.45, 7) is 4.14. The summed E-state index contributed by atoms with van der Waals surface area (Å²) < 4.78 is 6.97. The van der Waals surface area contributed by atoms with Crippen molar-refractivity contribution in [1.82, 2.24) is 5.32 Å². The van der Waals surface area contributed by atoms with E-state index in [-0.39, 0.29) is 0 Å². The van der Waals surface area contributed by atoms with E-state index in [0.29, 0.717) is 18.0 Å². The molecule has 2 aliphatic rings. The van der Waals surface area contributed by atoms with Crippen LogP contribution in [0.15, 0.2) is 6.07 Å². The molecular weight excluding hydrogens is 357 g/mol. The Hall–Kier alpha value is 0.350. The lowest BCUT2D eigenvalue weighted by Crippen LogP contribution is -2.43. The molecule has 100 valence electrons. The highest BCUT2D eigenvalue weighted by Crippen LogP contribution is 2.37. The van der Waals surface area contributed by atoms with Crippen LogP contribution in [0.3, 0.4) is 0 Å². The van der Waals surface area contributed by atoms with Crippen LogP contribution in [0.5, 0.6) is 0 Å². The van der Waals surface area contributed by atoms with E-state index >= 15 is 0 Å². The second-order valence-corrected chi connectivity index (χ2v) is 8.52. The molecule has 3 atom stereocenters. The fraction of sp³-hybridized carbons (Fsp3) is 0.714. The third-order valence-electron chi connectivity index (χ3n) is 4.14. The second kappa shape index (κ2) is 5.77. The van der Waals surface area contributed by atoms with E-state index in [1.54, 1.807) is 10.4 Å². The van der Waals surface area contributed by atoms with Gasteiger partial charge < -0.3 is 10.1 Å². The Morgan fingerprint density at radius 1 is 1.44 bits per heavy atom. The van der Waals surface area contributed by atoms with Gasteiger partial charge in [-0.25, -0.2) is 0 Å². The molecule has 3 rings (SSSR count). The monoisotopic (exact) mass is 377 g/mol. The predicted molar refractivity (Wildman–Crippen MR) is 84.2 cm³/mol. The Kier molecular flexibility index (Phi) is 4.28. The van der Waals surface area contributed by atoms with Crippen LogP contribution in [0.1, 0.15) is 42.7 Å². The molecule has 0 aromatic carbocycles. The molecule has 0 bridgehead atoms. The fourth-order valence-electron chi connectivity index (χ4n) is 3.08. The summed E-state index contributed by atoms with van der Waals surface area (Å²) in [6.07, 6.45) is 5.07. The Labute approximate surface area is 127 Å². The van der Waals surface area contributed by atoms with Gasteiger partial charge >= 0.3 is 0 Å². The van der Waals surface area contributed by atoms with Gasteiger partial charge in [-0.05, 0) is 65.8 Å². The molecule has 0 saturated carbocycles. The van der Waals surface area contributed by atoms with Crippen molar-refractivity contribution in [3.8, 4) is 0 Å². The number of rotatable bonds is 2. The lowest BCUT2D eigenvalue weighted by atomic mass is 9.90. The van der Waals surface area contributed by atoms with Gasteiger partial charge in [0.2, 0.25) is 0 Å². The number of aryl methyl sites for hydroxylation is 1. The van der Waals surface area contributed by atoms with Gasteiger partial charge in [0.05, 0.1) is 9.49 Å². The maximum absolute atomic E-state index is 5.54. The Balaban J connectivity index is 1.73. The maximum atomic E-state index is 5.54. The van der Waals surface area contributed by atoms with Crippen molar-refractivity contribution in [2.24, 2.45) is 5.92 Å². The molecule has 0 spiro atoms. The molecule has 2 heterocycles. The summed E-state index contributed by atoms with van der Waals surface area (Å²) in [5.41, 5.74) is 1.58. The predicted octanol–water partition coefficient (Wildman–Crippen LogP) is 3.74. The summed E-state index contributed by atoms with van der Waals surface area (Å²) in [5, 5.41) is 3.90. The molecule has 1 saturated heterocycles. The Bertz CT molecular complexity index is 420. The molecule has 1 fully saturated rings. The van der Waals surface area contributed by atoms with Gasteiger partial charge in [-0.3, -0.25) is 0 Å². The average molecular weight is 377 g/mol. The van der Waals surface area contributed by atoms with E-state index < -0.39 is 0 Å². The number of thiophene rings is 1. The first kappa shape index (κ1) is 13.3. The lowest BCUT2D eigenvalue weighted by Gasteiger charge is -2.34. The van der Waals surface area contributed by atoms with Crippen LogP contribution in [0.2, 0.25) is 0 Å². The Morgan fingerprint density at radius 2 is 2.33 bits per heavy atom. The minimum atomic E-state index is 0.582. The van der Waals surface area contributed by atoms with Gasteiger partial charge in [0.15, 0.2) is 0 Å². The first-order valence-corrected chi connectivity index (χ1v) is 8.75. The van der Waals surface area contributed by atoms with Gasteiger partial charge in [0.1, 0.15) is 0 Å². The molecule has 1 aliphatic carbocycles. The molecule has 0 radical (unpaired) electrons. The number of hydrogen-bond donors (Lipinski definition) is 1. The first-order chi connectivity index (χ1) is 8.74. The summed E-state index contributed by atoms with van der Waals surface area (Å²) >= 11 is 4.44. The molecule has 2 nitrogen and oxygen atoms in total. The third kappa shape index (κ3) is 2.76. The molecule has 1 N–H and O–H groups in total. The van der Waals surface area contributed by atoms with Gasteiger partial charge in [-0.1, -0.05) is 6.92 Å². The van der Waals surface area contributed by atoms with Crippen LogP contribution in [0.4, 0.5) is 0 Å². The van der Waals surface area contributed by atoms with Gasteiger partial charge in [-0.15, -0.1) is 11.3 Å². The highest BCUT2D eigenvalue weighted by atomic mass is 127. The summed E-state index contributed by atoms with van der Waals surface area (Å²) in [6, 6.07) is 3.60. The Morgan fingerprint density at radius 3 is 3.17 bits per heavy atom. The quantitative estimate of drug-likeness (QED) is 0.793. The van der Waals surface area contributed by atoms with Crippen molar-refractivity contribution >= 4 is 33.9 Å². The van der Waals surface area contributed by atoms with Crippen molar-refractivity contribution < 1.29 is 4.74 Å². The summed E-state index contributed by atoms with van der Waals surface area (Å²) in [5.74, 6) is 0.641. The zero-order valence-electron chi connectivity index (χ0n) is 10.7. The van der Waals surface area contributed by atoms with E-state index in [0.717, 1.165) is 19.6 Å². The average Bonchev–Trinajstić information content (AvgIpc) is 2.73. The molecule has 0 amide bonds. The van der Waals surface area contributed by atoms with Crippen LogP contribution in [0, 0.1) is 8.80 Å². The van der Waals surface area contributed by atoms with E-state index in [1.807, 2.05) is 11.3 Å². The number of ether oxygens (including phenoxy) is 1. The third-order valence-corrected chi connectivity index (χ3v) is 6.11. The van der Waals surface area contributed by atoms with Crippen molar-refractivity contribution in [1.29, 1.82) is 0 Å². The van der Waals surface area contributed by atoms with Gasteiger partial charge in [0, 0.05) is 23.6 Å². The zero-order valence-corrected chi connectivity index (χ0v) is 13.7. The number of hydrogen-bond acceptors (Lipinski definition) is 3. The van der Waals surface area contributed by atoms with Crippen LogP contribution < -0.4 is 5.32 Å². The molecule has 1 aromatic heterocycles. The van der Waals surface area contributed by atoms with Crippen molar-refractivity contribution in [3.63, 3.8) is 0 Å². The van der Waals surface area contributed by atoms with Crippen LogP contribution in [0.25, 0.3) is 0 Å². The smallest absolute Gasteiger partial charge is 0.0659 e. The molecule has 18 heavy (non-hydrogen) atoms.